The molecule has 3 rings (SSSR count). The molecule has 0 saturated carbocycles. The minimum absolute atomic E-state index is 0.107. The summed E-state index contributed by atoms with van der Waals surface area (Å²) in [6.45, 7) is 6.69. The average Bonchev–Trinajstić information content (AvgIpc) is 2.72. The first kappa shape index (κ1) is 22.6. The molecule has 1 saturated heterocycles. The highest BCUT2D eigenvalue weighted by atomic mass is 16.6. The molecule has 1 atom stereocenters. The fourth-order valence-electron chi connectivity index (χ4n) is 3.83. The Labute approximate surface area is 182 Å². The van der Waals surface area contributed by atoms with Crippen LogP contribution in [0.15, 0.2) is 41.6 Å². The van der Waals surface area contributed by atoms with Gasteiger partial charge in [0.25, 0.3) is 0 Å². The number of pyridine rings is 1. The van der Waals surface area contributed by atoms with Gasteiger partial charge < -0.3 is 9.64 Å². The lowest BCUT2D eigenvalue weighted by molar-refractivity contribution is -0.120. The van der Waals surface area contributed by atoms with Crippen LogP contribution in [-0.4, -0.2) is 46.5 Å². The van der Waals surface area contributed by atoms with Crippen LogP contribution < -0.4 is 0 Å². The number of azide groups is 1. The molecular formula is C23H29N5O3. The molecule has 0 spiro atoms. The van der Waals surface area contributed by atoms with Crippen molar-refractivity contribution in [3.8, 4) is 0 Å². The number of carbonyl (C=O) groups is 2. The molecule has 2 heterocycles. The molecule has 1 fully saturated rings. The lowest BCUT2D eigenvalue weighted by Crippen LogP contribution is -2.42. The molecule has 1 aliphatic rings. The minimum Gasteiger partial charge on any atom is -0.444 e. The summed E-state index contributed by atoms with van der Waals surface area (Å²) in [6, 6.07) is 8.97. The topological polar surface area (TPSA) is 108 Å². The van der Waals surface area contributed by atoms with Crippen LogP contribution in [-0.2, 0) is 16.0 Å². The summed E-state index contributed by atoms with van der Waals surface area (Å²) in [6.07, 6.45) is 3.57. The number of ketones is 1. The lowest BCUT2D eigenvalue weighted by Gasteiger charge is -2.34. The number of para-hydroxylation sites is 1. The van der Waals surface area contributed by atoms with Crippen LogP contribution in [0.3, 0.4) is 0 Å². The Hall–Kier alpha value is -3.12. The molecule has 8 nitrogen and oxygen atoms in total. The first-order valence-electron chi connectivity index (χ1n) is 10.6. The number of likely N-dealkylation sites (tertiary alicyclic amines) is 1. The second-order valence-corrected chi connectivity index (χ2v) is 9.05. The summed E-state index contributed by atoms with van der Waals surface area (Å²) in [4.78, 5) is 34.1. The van der Waals surface area contributed by atoms with Crippen molar-refractivity contribution in [2.24, 2.45) is 11.0 Å². The van der Waals surface area contributed by atoms with Crippen LogP contribution in [0, 0.1) is 5.92 Å². The standard InChI is InChI=1S/C23H29N5O3/c1-23(2,3)31-22(30)28-10-8-16(9-11-28)13-20(26-27-24)21(29)14-17-12-18-6-4-5-7-19(18)25-15-17/h4-7,12,15-16,20H,8-11,13-14H2,1-3H3/t20-/m0/s1. The second kappa shape index (κ2) is 9.79. The number of hydrogen-bond acceptors (Lipinski definition) is 5. The maximum absolute atomic E-state index is 12.9. The Morgan fingerprint density at radius 1 is 1.29 bits per heavy atom. The normalized spacial score (nSPS) is 15.9. The summed E-state index contributed by atoms with van der Waals surface area (Å²) in [5, 5.41) is 4.76. The van der Waals surface area contributed by atoms with E-state index in [-0.39, 0.29) is 24.2 Å². The van der Waals surface area contributed by atoms with Crippen LogP contribution in [0.5, 0.6) is 0 Å². The SMILES string of the molecule is CC(C)(C)OC(=O)N1CCC(C[C@H](N=[N+]=[N-])C(=O)Cc2cnc3ccccc3c2)CC1. The lowest BCUT2D eigenvalue weighted by atomic mass is 9.88. The zero-order valence-corrected chi connectivity index (χ0v) is 18.3. The molecule has 164 valence electrons. The van der Waals surface area contributed by atoms with Gasteiger partial charge in [-0.2, -0.15) is 0 Å². The molecule has 1 aromatic carbocycles. The van der Waals surface area contributed by atoms with Gasteiger partial charge in [0.2, 0.25) is 0 Å². The highest BCUT2D eigenvalue weighted by Crippen LogP contribution is 2.25. The van der Waals surface area contributed by atoms with Gasteiger partial charge in [-0.1, -0.05) is 23.3 Å². The van der Waals surface area contributed by atoms with Gasteiger partial charge in [0, 0.05) is 36.0 Å². The molecule has 31 heavy (non-hydrogen) atoms. The van der Waals surface area contributed by atoms with Gasteiger partial charge in [-0.05, 0) is 69.2 Å². The third-order valence-corrected chi connectivity index (χ3v) is 5.41. The molecule has 0 radical (unpaired) electrons. The van der Waals surface area contributed by atoms with E-state index in [0.717, 1.165) is 29.3 Å². The Bertz CT molecular complexity index is 986. The van der Waals surface area contributed by atoms with E-state index in [4.69, 9.17) is 10.3 Å². The zero-order valence-electron chi connectivity index (χ0n) is 18.3. The van der Waals surface area contributed by atoms with Crippen molar-refractivity contribution in [3.63, 3.8) is 0 Å². The van der Waals surface area contributed by atoms with E-state index in [2.05, 4.69) is 15.0 Å². The van der Waals surface area contributed by atoms with E-state index < -0.39 is 11.6 Å². The molecule has 8 heteroatoms. The number of rotatable bonds is 6. The van der Waals surface area contributed by atoms with Crippen LogP contribution in [0.2, 0.25) is 0 Å². The zero-order chi connectivity index (χ0) is 22.4. The van der Waals surface area contributed by atoms with Crippen molar-refractivity contribution in [2.75, 3.05) is 13.1 Å². The number of aromatic nitrogens is 1. The number of fused-ring (bicyclic) bond motifs is 1. The molecule has 2 aromatic rings. The monoisotopic (exact) mass is 423 g/mol. The largest absolute Gasteiger partial charge is 0.444 e. The quantitative estimate of drug-likeness (QED) is 0.367. The minimum atomic E-state index is -0.713. The number of carbonyl (C=O) groups excluding carboxylic acids is 2. The van der Waals surface area contributed by atoms with Gasteiger partial charge >= 0.3 is 6.09 Å². The fraction of sp³-hybridized carbons (Fsp3) is 0.522. The molecule has 1 amide bonds. The fourth-order valence-corrected chi connectivity index (χ4v) is 3.83. The maximum atomic E-state index is 12.9. The Morgan fingerprint density at radius 2 is 2.00 bits per heavy atom. The van der Waals surface area contributed by atoms with E-state index in [1.54, 1.807) is 11.1 Å². The van der Waals surface area contributed by atoms with Gasteiger partial charge in [0.05, 0.1) is 11.6 Å². The van der Waals surface area contributed by atoms with Crippen molar-refractivity contribution >= 4 is 22.8 Å². The van der Waals surface area contributed by atoms with Crippen LogP contribution in [0.4, 0.5) is 4.79 Å². The number of nitrogens with zero attached hydrogens (tertiary/aromatic N) is 5. The molecular weight excluding hydrogens is 394 g/mol. The second-order valence-electron chi connectivity index (χ2n) is 9.05. The van der Waals surface area contributed by atoms with Crippen molar-refractivity contribution in [3.05, 3.63) is 52.5 Å². The Balaban J connectivity index is 1.57. The van der Waals surface area contributed by atoms with E-state index in [9.17, 15) is 9.59 Å². The van der Waals surface area contributed by atoms with Crippen molar-refractivity contribution < 1.29 is 14.3 Å². The molecule has 1 aliphatic heterocycles. The van der Waals surface area contributed by atoms with Crippen molar-refractivity contribution in [1.29, 1.82) is 0 Å². The van der Waals surface area contributed by atoms with E-state index >= 15 is 0 Å². The number of amides is 1. The van der Waals surface area contributed by atoms with Gasteiger partial charge in [-0.25, -0.2) is 4.79 Å². The number of hydrogen-bond donors (Lipinski definition) is 0. The first-order chi connectivity index (χ1) is 14.7. The summed E-state index contributed by atoms with van der Waals surface area (Å²) < 4.78 is 5.43. The smallest absolute Gasteiger partial charge is 0.410 e. The summed E-state index contributed by atoms with van der Waals surface area (Å²) in [7, 11) is 0. The molecule has 0 bridgehead atoms. The van der Waals surface area contributed by atoms with Crippen molar-refractivity contribution in [1.82, 2.24) is 9.88 Å². The Kier molecular flexibility index (Phi) is 7.13. The summed E-state index contributed by atoms with van der Waals surface area (Å²) >= 11 is 0. The maximum Gasteiger partial charge on any atom is 0.410 e. The third-order valence-electron chi connectivity index (χ3n) is 5.41. The van der Waals surface area contributed by atoms with Crippen LogP contribution in [0.25, 0.3) is 21.3 Å². The number of piperidine rings is 1. The average molecular weight is 424 g/mol. The number of Topliss-reactive ketones (excluding diaryl/α,β-unsaturated/α-hetero) is 1. The van der Waals surface area contributed by atoms with Crippen LogP contribution in [0.1, 0.15) is 45.6 Å². The summed E-state index contributed by atoms with van der Waals surface area (Å²) in [5.74, 6) is 0.109. The highest BCUT2D eigenvalue weighted by molar-refractivity contribution is 5.87. The van der Waals surface area contributed by atoms with Crippen molar-refractivity contribution in [2.45, 2.75) is 58.1 Å². The van der Waals surface area contributed by atoms with Gasteiger partial charge in [-0.3, -0.25) is 9.78 Å². The molecule has 0 N–H and O–H groups in total. The van der Waals surface area contributed by atoms with E-state index in [1.165, 1.54) is 0 Å². The number of benzene rings is 1. The molecule has 0 unspecified atom stereocenters. The predicted molar refractivity (Wildman–Crippen MR) is 119 cm³/mol. The third kappa shape index (κ3) is 6.43. The van der Waals surface area contributed by atoms with Gasteiger partial charge in [0.1, 0.15) is 11.4 Å². The first-order valence-corrected chi connectivity index (χ1v) is 10.6. The summed E-state index contributed by atoms with van der Waals surface area (Å²) in [5.41, 5.74) is 10.1. The van der Waals surface area contributed by atoms with Gasteiger partial charge in [-0.15, -0.1) is 0 Å². The molecule has 1 aromatic heterocycles. The highest BCUT2D eigenvalue weighted by Gasteiger charge is 2.29. The van der Waals surface area contributed by atoms with E-state index in [0.29, 0.717) is 19.5 Å². The van der Waals surface area contributed by atoms with Gasteiger partial charge in [0.15, 0.2) is 0 Å². The Morgan fingerprint density at radius 3 is 2.68 bits per heavy atom. The van der Waals surface area contributed by atoms with Crippen LogP contribution >= 0.6 is 0 Å². The van der Waals surface area contributed by atoms with E-state index in [1.807, 2.05) is 51.1 Å². The molecule has 0 aliphatic carbocycles. The predicted octanol–water partition coefficient (Wildman–Crippen LogP) is 5.06. The number of ether oxygens (including phenoxy) is 1.